The Labute approximate surface area is 104 Å². The SMILES string of the molecule is C[C@@H](CCO)NC(=O)c1ccc(Cl)c(Cl)c1. The number of hydrogen-bond acceptors (Lipinski definition) is 2. The molecular formula is C11H13Cl2NO2. The summed E-state index contributed by atoms with van der Waals surface area (Å²) >= 11 is 11.5. The van der Waals surface area contributed by atoms with Crippen molar-refractivity contribution in [3.05, 3.63) is 33.8 Å². The van der Waals surface area contributed by atoms with E-state index in [1.807, 2.05) is 6.92 Å². The van der Waals surface area contributed by atoms with Gasteiger partial charge in [0.05, 0.1) is 10.0 Å². The topological polar surface area (TPSA) is 49.3 Å². The number of carbonyl (C=O) groups excluding carboxylic acids is 1. The smallest absolute Gasteiger partial charge is 0.251 e. The van der Waals surface area contributed by atoms with Crippen LogP contribution in [0.2, 0.25) is 10.0 Å². The lowest BCUT2D eigenvalue weighted by Crippen LogP contribution is -2.33. The number of benzene rings is 1. The van der Waals surface area contributed by atoms with Crippen LogP contribution in [0.1, 0.15) is 23.7 Å². The fourth-order valence-corrected chi connectivity index (χ4v) is 1.51. The Hall–Kier alpha value is -0.770. The van der Waals surface area contributed by atoms with Gasteiger partial charge in [0.2, 0.25) is 0 Å². The maximum atomic E-state index is 11.7. The Bertz CT molecular complexity index is 382. The van der Waals surface area contributed by atoms with Crippen LogP contribution in [-0.2, 0) is 0 Å². The van der Waals surface area contributed by atoms with E-state index in [9.17, 15) is 4.79 Å². The van der Waals surface area contributed by atoms with Crippen LogP contribution in [0.15, 0.2) is 18.2 Å². The fraction of sp³-hybridized carbons (Fsp3) is 0.364. The summed E-state index contributed by atoms with van der Waals surface area (Å²) < 4.78 is 0. The van der Waals surface area contributed by atoms with Crippen LogP contribution >= 0.6 is 23.2 Å². The molecule has 0 bridgehead atoms. The number of nitrogens with one attached hydrogen (secondary N) is 1. The maximum Gasteiger partial charge on any atom is 0.251 e. The van der Waals surface area contributed by atoms with Crippen LogP contribution in [0.5, 0.6) is 0 Å². The summed E-state index contributed by atoms with van der Waals surface area (Å²) in [6.07, 6.45) is 0.521. The van der Waals surface area contributed by atoms with Gasteiger partial charge in [-0.1, -0.05) is 23.2 Å². The molecule has 1 amide bonds. The largest absolute Gasteiger partial charge is 0.396 e. The number of aliphatic hydroxyl groups excluding tert-OH is 1. The van der Waals surface area contributed by atoms with E-state index in [0.717, 1.165) is 0 Å². The van der Waals surface area contributed by atoms with E-state index in [4.69, 9.17) is 28.3 Å². The second-order valence-corrected chi connectivity index (χ2v) is 4.33. The minimum Gasteiger partial charge on any atom is -0.396 e. The summed E-state index contributed by atoms with van der Waals surface area (Å²) in [6.45, 7) is 1.87. The van der Waals surface area contributed by atoms with Gasteiger partial charge in [-0.3, -0.25) is 4.79 Å². The molecule has 0 radical (unpaired) electrons. The van der Waals surface area contributed by atoms with Crippen molar-refractivity contribution in [2.75, 3.05) is 6.61 Å². The van der Waals surface area contributed by atoms with E-state index < -0.39 is 0 Å². The van der Waals surface area contributed by atoms with Gasteiger partial charge in [-0.25, -0.2) is 0 Å². The van der Waals surface area contributed by atoms with E-state index in [0.29, 0.717) is 22.0 Å². The number of hydrogen-bond donors (Lipinski definition) is 2. The molecular weight excluding hydrogens is 249 g/mol. The third-order valence-corrected chi connectivity index (χ3v) is 2.86. The molecule has 1 rings (SSSR count). The molecule has 16 heavy (non-hydrogen) atoms. The molecule has 1 aromatic rings. The van der Waals surface area contributed by atoms with Crippen molar-refractivity contribution in [2.45, 2.75) is 19.4 Å². The third-order valence-electron chi connectivity index (χ3n) is 2.12. The highest BCUT2D eigenvalue weighted by Gasteiger charge is 2.10. The van der Waals surface area contributed by atoms with Crippen LogP contribution in [0.25, 0.3) is 0 Å². The van der Waals surface area contributed by atoms with Crippen LogP contribution in [0.3, 0.4) is 0 Å². The minimum atomic E-state index is -0.223. The molecule has 0 fully saturated rings. The van der Waals surface area contributed by atoms with E-state index in [2.05, 4.69) is 5.32 Å². The zero-order chi connectivity index (χ0) is 12.1. The Morgan fingerprint density at radius 2 is 2.12 bits per heavy atom. The number of amides is 1. The van der Waals surface area contributed by atoms with Crippen molar-refractivity contribution in [3.63, 3.8) is 0 Å². The Morgan fingerprint density at radius 1 is 1.44 bits per heavy atom. The molecule has 0 heterocycles. The fourth-order valence-electron chi connectivity index (χ4n) is 1.21. The summed E-state index contributed by atoms with van der Waals surface area (Å²) in [5, 5.41) is 12.2. The highest BCUT2D eigenvalue weighted by molar-refractivity contribution is 6.42. The lowest BCUT2D eigenvalue weighted by atomic mass is 10.2. The van der Waals surface area contributed by atoms with Crippen molar-refractivity contribution >= 4 is 29.1 Å². The quantitative estimate of drug-likeness (QED) is 0.875. The predicted molar refractivity (Wildman–Crippen MR) is 65.1 cm³/mol. The van der Waals surface area contributed by atoms with Gasteiger partial charge in [-0.05, 0) is 31.5 Å². The van der Waals surface area contributed by atoms with Gasteiger partial charge in [0.15, 0.2) is 0 Å². The van der Waals surface area contributed by atoms with Crippen LogP contribution in [0.4, 0.5) is 0 Å². The standard InChI is InChI=1S/C11H13Cl2NO2/c1-7(4-5-15)14-11(16)8-2-3-9(12)10(13)6-8/h2-3,6-7,15H,4-5H2,1H3,(H,14,16)/t7-/m0/s1. The molecule has 1 atom stereocenters. The average Bonchev–Trinajstić information content (AvgIpc) is 2.22. The van der Waals surface area contributed by atoms with Crippen LogP contribution in [0, 0.1) is 0 Å². The van der Waals surface area contributed by atoms with Crippen molar-refractivity contribution in [2.24, 2.45) is 0 Å². The molecule has 0 aliphatic rings. The van der Waals surface area contributed by atoms with Gasteiger partial charge in [-0.15, -0.1) is 0 Å². The zero-order valence-corrected chi connectivity index (χ0v) is 10.3. The Kier molecular flexibility index (Phi) is 5.06. The number of aliphatic hydroxyl groups is 1. The van der Waals surface area contributed by atoms with Crippen molar-refractivity contribution in [1.82, 2.24) is 5.32 Å². The normalized spacial score (nSPS) is 12.2. The summed E-state index contributed by atoms with van der Waals surface area (Å²) in [5.74, 6) is -0.223. The molecule has 0 saturated heterocycles. The van der Waals surface area contributed by atoms with E-state index in [-0.39, 0.29) is 18.6 Å². The van der Waals surface area contributed by atoms with Gasteiger partial charge in [0.25, 0.3) is 5.91 Å². The molecule has 0 aromatic heterocycles. The second-order valence-electron chi connectivity index (χ2n) is 3.52. The molecule has 88 valence electrons. The molecule has 0 saturated carbocycles. The first-order valence-corrected chi connectivity index (χ1v) is 5.67. The molecule has 2 N–H and O–H groups in total. The molecule has 0 aliphatic carbocycles. The molecule has 0 spiro atoms. The highest BCUT2D eigenvalue weighted by Crippen LogP contribution is 2.22. The first-order chi connectivity index (χ1) is 7.54. The van der Waals surface area contributed by atoms with Crippen molar-refractivity contribution < 1.29 is 9.90 Å². The maximum absolute atomic E-state index is 11.7. The monoisotopic (exact) mass is 261 g/mol. The van der Waals surface area contributed by atoms with Gasteiger partial charge in [-0.2, -0.15) is 0 Å². The van der Waals surface area contributed by atoms with E-state index in [1.54, 1.807) is 12.1 Å². The lowest BCUT2D eigenvalue weighted by molar-refractivity contribution is 0.0934. The summed E-state index contributed by atoms with van der Waals surface area (Å²) in [4.78, 5) is 11.7. The molecule has 5 heteroatoms. The van der Waals surface area contributed by atoms with Crippen LogP contribution < -0.4 is 5.32 Å². The average molecular weight is 262 g/mol. The summed E-state index contributed by atoms with van der Waals surface area (Å²) in [5.41, 5.74) is 0.458. The van der Waals surface area contributed by atoms with Gasteiger partial charge in [0, 0.05) is 18.2 Å². The Balaban J connectivity index is 2.69. The van der Waals surface area contributed by atoms with Crippen molar-refractivity contribution in [1.29, 1.82) is 0 Å². The molecule has 0 aliphatic heterocycles. The van der Waals surface area contributed by atoms with Crippen LogP contribution in [-0.4, -0.2) is 23.7 Å². The van der Waals surface area contributed by atoms with Gasteiger partial charge < -0.3 is 10.4 Å². The van der Waals surface area contributed by atoms with Crippen molar-refractivity contribution in [3.8, 4) is 0 Å². The zero-order valence-electron chi connectivity index (χ0n) is 8.84. The lowest BCUT2D eigenvalue weighted by Gasteiger charge is -2.12. The van der Waals surface area contributed by atoms with E-state index in [1.165, 1.54) is 6.07 Å². The second kappa shape index (κ2) is 6.09. The van der Waals surface area contributed by atoms with E-state index >= 15 is 0 Å². The molecule has 3 nitrogen and oxygen atoms in total. The summed E-state index contributed by atoms with van der Waals surface area (Å²) in [6, 6.07) is 4.63. The minimum absolute atomic E-state index is 0.0445. The summed E-state index contributed by atoms with van der Waals surface area (Å²) in [7, 11) is 0. The molecule has 1 aromatic carbocycles. The third kappa shape index (κ3) is 3.67. The first kappa shape index (κ1) is 13.3. The Morgan fingerprint density at radius 3 is 2.69 bits per heavy atom. The predicted octanol–water partition coefficient (Wildman–Crippen LogP) is 2.49. The first-order valence-electron chi connectivity index (χ1n) is 4.91. The molecule has 0 unspecified atom stereocenters. The van der Waals surface area contributed by atoms with Gasteiger partial charge >= 0.3 is 0 Å². The number of rotatable bonds is 4. The highest BCUT2D eigenvalue weighted by atomic mass is 35.5. The number of carbonyl (C=O) groups is 1. The van der Waals surface area contributed by atoms with Gasteiger partial charge in [0.1, 0.15) is 0 Å². The number of halogens is 2.